The molecule has 1 aliphatic heterocycles. The van der Waals surface area contributed by atoms with E-state index in [4.69, 9.17) is 0 Å². The third kappa shape index (κ3) is 5.46. The fourth-order valence-corrected chi connectivity index (χ4v) is 4.33. The number of hydrogen-bond acceptors (Lipinski definition) is 3. The van der Waals surface area contributed by atoms with Crippen molar-refractivity contribution in [2.45, 2.75) is 32.7 Å². The van der Waals surface area contributed by atoms with Crippen LogP contribution in [0.15, 0.2) is 53.0 Å². The van der Waals surface area contributed by atoms with Crippen molar-refractivity contribution in [3.8, 4) is 0 Å². The van der Waals surface area contributed by atoms with E-state index in [0.29, 0.717) is 30.9 Å². The summed E-state index contributed by atoms with van der Waals surface area (Å²) in [6, 6.07) is 15.7. The van der Waals surface area contributed by atoms with E-state index in [-0.39, 0.29) is 17.9 Å². The van der Waals surface area contributed by atoms with E-state index in [0.717, 1.165) is 23.9 Å². The average molecular weight is 458 g/mol. The van der Waals surface area contributed by atoms with E-state index >= 15 is 0 Å². The molecule has 0 spiro atoms. The number of hydrogen-bond donors (Lipinski definition) is 1. The van der Waals surface area contributed by atoms with E-state index in [1.807, 2.05) is 38.1 Å². The van der Waals surface area contributed by atoms with E-state index < -0.39 is 0 Å². The van der Waals surface area contributed by atoms with Gasteiger partial charge in [0.1, 0.15) is 0 Å². The third-order valence-electron chi connectivity index (χ3n) is 5.39. The van der Waals surface area contributed by atoms with Crippen LogP contribution in [0.4, 0.5) is 5.69 Å². The molecule has 29 heavy (non-hydrogen) atoms. The maximum atomic E-state index is 12.7. The zero-order valence-electron chi connectivity index (χ0n) is 17.0. The summed E-state index contributed by atoms with van der Waals surface area (Å²) in [5.74, 6) is -0.0697. The first-order valence-electron chi connectivity index (χ1n) is 10.2. The number of likely N-dealkylation sites (tertiary alicyclic amines) is 1. The van der Waals surface area contributed by atoms with Crippen LogP contribution >= 0.6 is 15.9 Å². The Hall–Kier alpha value is -2.18. The van der Waals surface area contributed by atoms with E-state index in [9.17, 15) is 9.59 Å². The second-order valence-electron chi connectivity index (χ2n) is 7.29. The Kier molecular flexibility index (Phi) is 7.45. The number of nitrogens with one attached hydrogen (secondary N) is 1. The molecule has 1 atom stereocenters. The first-order chi connectivity index (χ1) is 14.0. The molecule has 1 N–H and O–H groups in total. The fraction of sp³-hybridized carbons (Fsp3) is 0.391. The molecule has 2 aromatic rings. The highest BCUT2D eigenvalue weighted by Crippen LogP contribution is 2.32. The van der Waals surface area contributed by atoms with Gasteiger partial charge in [-0.05, 0) is 69.1 Å². The minimum Gasteiger partial charge on any atom is -0.339 e. The molecule has 2 amide bonds. The molecule has 0 aromatic heterocycles. The molecular weight excluding hydrogens is 430 g/mol. The Morgan fingerprint density at radius 3 is 2.62 bits per heavy atom. The van der Waals surface area contributed by atoms with Gasteiger partial charge in [-0.3, -0.25) is 14.5 Å². The molecule has 6 heteroatoms. The molecule has 5 nitrogen and oxygen atoms in total. The number of benzene rings is 2. The zero-order valence-corrected chi connectivity index (χ0v) is 18.6. The maximum Gasteiger partial charge on any atom is 0.253 e. The molecule has 1 saturated heterocycles. The minimum atomic E-state index is -0.0562. The molecule has 0 radical (unpaired) electrons. The predicted molar refractivity (Wildman–Crippen MR) is 120 cm³/mol. The van der Waals surface area contributed by atoms with Gasteiger partial charge in [-0.15, -0.1) is 0 Å². The lowest BCUT2D eigenvalue weighted by Gasteiger charge is -2.24. The number of nitrogens with zero attached hydrogens (tertiary/aromatic N) is 2. The summed E-state index contributed by atoms with van der Waals surface area (Å²) in [6.45, 7) is 6.50. The smallest absolute Gasteiger partial charge is 0.253 e. The molecule has 0 bridgehead atoms. The zero-order chi connectivity index (χ0) is 20.8. The highest BCUT2D eigenvalue weighted by Gasteiger charge is 2.27. The largest absolute Gasteiger partial charge is 0.339 e. The molecule has 0 saturated carbocycles. The molecule has 3 rings (SSSR count). The Morgan fingerprint density at radius 2 is 1.90 bits per heavy atom. The van der Waals surface area contributed by atoms with Crippen LogP contribution in [0, 0.1) is 0 Å². The Labute approximate surface area is 181 Å². The first kappa shape index (κ1) is 21.5. The van der Waals surface area contributed by atoms with Gasteiger partial charge in [0.25, 0.3) is 5.91 Å². The summed E-state index contributed by atoms with van der Waals surface area (Å²) in [6.07, 6.45) is 2.13. The Balaban J connectivity index is 1.65. The number of carbonyl (C=O) groups excluding carboxylic acids is 2. The van der Waals surface area contributed by atoms with Gasteiger partial charge < -0.3 is 10.2 Å². The van der Waals surface area contributed by atoms with E-state index in [1.54, 1.807) is 17.0 Å². The molecule has 2 aromatic carbocycles. The van der Waals surface area contributed by atoms with Gasteiger partial charge in [0.15, 0.2) is 0 Å². The van der Waals surface area contributed by atoms with Crippen LogP contribution in [0.5, 0.6) is 0 Å². The first-order valence-corrected chi connectivity index (χ1v) is 11.0. The van der Waals surface area contributed by atoms with Crippen molar-refractivity contribution in [3.63, 3.8) is 0 Å². The second kappa shape index (κ2) is 10.0. The van der Waals surface area contributed by atoms with Crippen molar-refractivity contribution in [1.29, 1.82) is 0 Å². The Bertz CT molecular complexity index is 867. The number of rotatable bonds is 7. The van der Waals surface area contributed by atoms with Crippen LogP contribution in [0.2, 0.25) is 0 Å². The van der Waals surface area contributed by atoms with E-state index in [2.05, 4.69) is 38.3 Å². The van der Waals surface area contributed by atoms with Crippen LogP contribution < -0.4 is 5.32 Å². The van der Waals surface area contributed by atoms with E-state index in [1.165, 1.54) is 5.56 Å². The lowest BCUT2D eigenvalue weighted by Crippen LogP contribution is -2.33. The number of anilines is 1. The van der Waals surface area contributed by atoms with Crippen molar-refractivity contribution in [1.82, 2.24) is 9.80 Å². The summed E-state index contributed by atoms with van der Waals surface area (Å²) >= 11 is 3.53. The van der Waals surface area contributed by atoms with Crippen molar-refractivity contribution < 1.29 is 9.59 Å². The van der Waals surface area contributed by atoms with Gasteiger partial charge in [0, 0.05) is 34.9 Å². The van der Waals surface area contributed by atoms with Crippen molar-refractivity contribution in [3.05, 3.63) is 64.1 Å². The predicted octanol–water partition coefficient (Wildman–Crippen LogP) is 4.71. The van der Waals surface area contributed by atoms with Gasteiger partial charge in [0.05, 0.1) is 6.54 Å². The Morgan fingerprint density at radius 1 is 1.14 bits per heavy atom. The highest BCUT2D eigenvalue weighted by atomic mass is 79.9. The van der Waals surface area contributed by atoms with Gasteiger partial charge in [-0.1, -0.05) is 34.1 Å². The number of carbonyl (C=O) groups is 2. The topological polar surface area (TPSA) is 52.7 Å². The summed E-state index contributed by atoms with van der Waals surface area (Å²) in [5, 5.41) is 2.96. The number of amides is 2. The van der Waals surface area contributed by atoms with Crippen molar-refractivity contribution >= 4 is 33.4 Å². The van der Waals surface area contributed by atoms with Gasteiger partial charge >= 0.3 is 0 Å². The SMILES string of the molecule is CCN(CC)C(=O)c1cccc(NC(=O)CN2CCCC2c2cccc(Br)c2)c1. The summed E-state index contributed by atoms with van der Waals surface area (Å²) in [7, 11) is 0. The van der Waals surface area contributed by atoms with Gasteiger partial charge in [-0.25, -0.2) is 0 Å². The van der Waals surface area contributed by atoms with Gasteiger partial charge in [0.2, 0.25) is 5.91 Å². The molecule has 1 fully saturated rings. The molecule has 1 aliphatic rings. The molecule has 1 unspecified atom stereocenters. The fourth-order valence-electron chi connectivity index (χ4n) is 3.92. The maximum absolute atomic E-state index is 12.7. The van der Waals surface area contributed by atoms with Crippen molar-refractivity contribution in [2.24, 2.45) is 0 Å². The highest BCUT2D eigenvalue weighted by molar-refractivity contribution is 9.10. The molecule has 154 valence electrons. The van der Waals surface area contributed by atoms with Gasteiger partial charge in [-0.2, -0.15) is 0 Å². The molecule has 1 heterocycles. The molecule has 0 aliphatic carbocycles. The van der Waals surface area contributed by atoms with Crippen LogP contribution in [-0.2, 0) is 4.79 Å². The quantitative estimate of drug-likeness (QED) is 0.654. The molecular formula is C23H28BrN3O2. The lowest BCUT2D eigenvalue weighted by atomic mass is 10.0. The second-order valence-corrected chi connectivity index (χ2v) is 8.21. The monoisotopic (exact) mass is 457 g/mol. The van der Waals surface area contributed by atoms with Crippen LogP contribution in [-0.4, -0.2) is 47.8 Å². The van der Waals surface area contributed by atoms with Crippen LogP contribution in [0.25, 0.3) is 0 Å². The standard InChI is InChI=1S/C23H28BrN3O2/c1-3-26(4-2)23(29)18-9-6-11-20(15-18)25-22(28)16-27-13-7-12-21(27)17-8-5-10-19(24)14-17/h5-6,8-11,14-15,21H,3-4,7,12-13,16H2,1-2H3,(H,25,28). The minimum absolute atomic E-state index is 0.0136. The summed E-state index contributed by atoms with van der Waals surface area (Å²) in [5.41, 5.74) is 2.49. The van der Waals surface area contributed by atoms with Crippen LogP contribution in [0.3, 0.4) is 0 Å². The average Bonchev–Trinajstić information content (AvgIpc) is 3.17. The normalized spacial score (nSPS) is 16.6. The third-order valence-corrected chi connectivity index (χ3v) is 5.88. The summed E-state index contributed by atoms with van der Waals surface area (Å²) < 4.78 is 1.06. The van der Waals surface area contributed by atoms with Crippen LogP contribution in [0.1, 0.15) is 48.7 Å². The lowest BCUT2D eigenvalue weighted by molar-refractivity contribution is -0.117. The summed E-state index contributed by atoms with van der Waals surface area (Å²) in [4.78, 5) is 29.2. The number of halogens is 1. The van der Waals surface area contributed by atoms with Crippen molar-refractivity contribution in [2.75, 3.05) is 31.5 Å².